The summed E-state index contributed by atoms with van der Waals surface area (Å²) in [6.45, 7) is 5.32. The lowest BCUT2D eigenvalue weighted by molar-refractivity contribution is -0.116. The van der Waals surface area contributed by atoms with Crippen molar-refractivity contribution in [2.45, 2.75) is 20.8 Å². The predicted molar refractivity (Wildman–Crippen MR) is 64.4 cm³/mol. The van der Waals surface area contributed by atoms with Crippen molar-refractivity contribution in [2.75, 3.05) is 11.4 Å². The van der Waals surface area contributed by atoms with Gasteiger partial charge in [0.1, 0.15) is 5.75 Å². The van der Waals surface area contributed by atoms with Crippen LogP contribution in [0, 0.1) is 26.2 Å². The number of hydrogen-bond acceptors (Lipinski definition) is 2. The highest BCUT2D eigenvalue weighted by molar-refractivity contribution is 5.94. The van der Waals surface area contributed by atoms with Gasteiger partial charge in [-0.05, 0) is 25.5 Å². The van der Waals surface area contributed by atoms with Crippen LogP contribution in [0.15, 0.2) is 12.1 Å². The van der Waals surface area contributed by atoms with Gasteiger partial charge in [-0.2, -0.15) is 0 Å². The average molecular weight is 217 g/mol. The molecule has 1 amide bonds. The van der Waals surface area contributed by atoms with Gasteiger partial charge in [0.05, 0.1) is 12.2 Å². The van der Waals surface area contributed by atoms with Gasteiger partial charge in [0, 0.05) is 12.5 Å². The number of nitrogens with zero attached hydrogens (tertiary/aromatic N) is 1. The summed E-state index contributed by atoms with van der Waals surface area (Å²) in [5, 5.41) is 9.63. The van der Waals surface area contributed by atoms with Crippen LogP contribution in [0.3, 0.4) is 0 Å². The fraction of sp³-hybridized carbons (Fsp3) is 0.308. The lowest BCUT2D eigenvalue weighted by atomic mass is 10.1. The number of phenols is 1. The molecule has 0 saturated carbocycles. The number of aromatic hydroxyl groups is 1. The van der Waals surface area contributed by atoms with E-state index in [0.29, 0.717) is 11.3 Å². The minimum Gasteiger partial charge on any atom is -0.508 e. The van der Waals surface area contributed by atoms with Crippen molar-refractivity contribution in [2.24, 2.45) is 0 Å². The summed E-state index contributed by atoms with van der Waals surface area (Å²) in [6.07, 6.45) is 5.24. The minimum atomic E-state index is -0.130. The first-order valence-corrected chi connectivity index (χ1v) is 4.99. The van der Waals surface area contributed by atoms with Crippen molar-refractivity contribution in [1.82, 2.24) is 0 Å². The van der Waals surface area contributed by atoms with Crippen LogP contribution in [0.5, 0.6) is 5.75 Å². The van der Waals surface area contributed by atoms with Crippen LogP contribution in [-0.4, -0.2) is 17.6 Å². The molecule has 3 nitrogen and oxygen atoms in total. The number of aryl methyl sites for hydroxylation is 1. The van der Waals surface area contributed by atoms with Crippen LogP contribution >= 0.6 is 0 Å². The average Bonchev–Trinajstić information content (AvgIpc) is 2.22. The van der Waals surface area contributed by atoms with Gasteiger partial charge in [-0.3, -0.25) is 4.79 Å². The number of hydrogen-bond donors (Lipinski definition) is 1. The van der Waals surface area contributed by atoms with Crippen LogP contribution in [0.25, 0.3) is 0 Å². The molecule has 0 radical (unpaired) electrons. The highest BCUT2D eigenvalue weighted by atomic mass is 16.3. The van der Waals surface area contributed by atoms with Gasteiger partial charge in [0.25, 0.3) is 0 Å². The van der Waals surface area contributed by atoms with E-state index in [1.165, 1.54) is 11.8 Å². The molecule has 0 saturated heterocycles. The van der Waals surface area contributed by atoms with Crippen LogP contribution in [0.4, 0.5) is 5.69 Å². The number of amides is 1. The van der Waals surface area contributed by atoms with Gasteiger partial charge in [0.2, 0.25) is 5.91 Å². The van der Waals surface area contributed by atoms with Crippen LogP contribution in [-0.2, 0) is 4.79 Å². The smallest absolute Gasteiger partial charge is 0.224 e. The number of terminal acetylenes is 1. The molecular weight excluding hydrogens is 202 g/mol. The van der Waals surface area contributed by atoms with Crippen LogP contribution < -0.4 is 4.90 Å². The van der Waals surface area contributed by atoms with Crippen molar-refractivity contribution in [3.8, 4) is 18.1 Å². The molecule has 0 aliphatic rings. The zero-order chi connectivity index (χ0) is 12.3. The Morgan fingerprint density at radius 2 is 2.12 bits per heavy atom. The van der Waals surface area contributed by atoms with Crippen molar-refractivity contribution in [3.05, 3.63) is 23.3 Å². The molecule has 0 spiro atoms. The number of phenolic OH excluding ortho intramolecular Hbond substituents is 1. The topological polar surface area (TPSA) is 40.5 Å². The number of benzene rings is 1. The second kappa shape index (κ2) is 4.71. The van der Waals surface area contributed by atoms with E-state index < -0.39 is 0 Å². The first-order valence-electron chi connectivity index (χ1n) is 4.99. The van der Waals surface area contributed by atoms with Gasteiger partial charge in [-0.1, -0.05) is 12.0 Å². The molecule has 84 valence electrons. The molecule has 0 aliphatic heterocycles. The van der Waals surface area contributed by atoms with Crippen molar-refractivity contribution >= 4 is 11.6 Å². The molecule has 0 aromatic heterocycles. The van der Waals surface area contributed by atoms with E-state index in [-0.39, 0.29) is 18.2 Å². The summed E-state index contributed by atoms with van der Waals surface area (Å²) in [5.74, 6) is 2.49. The highest BCUT2D eigenvalue weighted by Gasteiger charge is 2.16. The lowest BCUT2D eigenvalue weighted by Gasteiger charge is -2.23. The highest BCUT2D eigenvalue weighted by Crippen LogP contribution is 2.31. The minimum absolute atomic E-state index is 0.130. The summed E-state index contributed by atoms with van der Waals surface area (Å²) in [5.41, 5.74) is 2.29. The van der Waals surface area contributed by atoms with Gasteiger partial charge < -0.3 is 10.0 Å². The van der Waals surface area contributed by atoms with Crippen molar-refractivity contribution in [1.29, 1.82) is 0 Å². The van der Waals surface area contributed by atoms with Gasteiger partial charge in [-0.15, -0.1) is 6.42 Å². The maximum atomic E-state index is 11.5. The molecule has 0 heterocycles. The maximum Gasteiger partial charge on any atom is 0.224 e. The zero-order valence-electron chi connectivity index (χ0n) is 9.74. The molecule has 16 heavy (non-hydrogen) atoms. The fourth-order valence-corrected chi connectivity index (χ4v) is 1.68. The summed E-state index contributed by atoms with van der Waals surface area (Å²) >= 11 is 0. The number of carbonyl (C=O) groups is 1. The Kier molecular flexibility index (Phi) is 3.57. The third-order valence-electron chi connectivity index (χ3n) is 2.50. The summed E-state index contributed by atoms with van der Waals surface area (Å²) in [4.78, 5) is 13.0. The second-order valence-electron chi connectivity index (χ2n) is 3.68. The third kappa shape index (κ3) is 2.17. The molecule has 1 N–H and O–H groups in total. The molecular formula is C13H15NO2. The quantitative estimate of drug-likeness (QED) is 0.770. The largest absolute Gasteiger partial charge is 0.508 e. The fourth-order valence-electron chi connectivity index (χ4n) is 1.68. The molecule has 0 fully saturated rings. The number of anilines is 1. The van der Waals surface area contributed by atoms with Crippen LogP contribution in [0.2, 0.25) is 0 Å². The third-order valence-corrected chi connectivity index (χ3v) is 2.50. The van der Waals surface area contributed by atoms with Crippen LogP contribution in [0.1, 0.15) is 18.1 Å². The molecule has 3 heteroatoms. The standard InChI is InChI=1S/C13H15NO2/c1-5-8-14(11(4)15)13-9(2)6-7-12(16)10(13)3/h1,6-7,16H,8H2,2-4H3. The van der Waals surface area contributed by atoms with Crippen molar-refractivity contribution < 1.29 is 9.90 Å². The SMILES string of the molecule is C#CCN(C(C)=O)c1c(C)ccc(O)c1C. The summed E-state index contributed by atoms with van der Waals surface area (Å²) in [7, 11) is 0. The summed E-state index contributed by atoms with van der Waals surface area (Å²) in [6, 6.07) is 3.38. The van der Waals surface area contributed by atoms with Gasteiger partial charge in [-0.25, -0.2) is 0 Å². The monoisotopic (exact) mass is 217 g/mol. The Balaban J connectivity index is 3.35. The van der Waals surface area contributed by atoms with Gasteiger partial charge in [0.15, 0.2) is 0 Å². The van der Waals surface area contributed by atoms with Crippen molar-refractivity contribution in [3.63, 3.8) is 0 Å². The first kappa shape index (κ1) is 12.1. The molecule has 1 aromatic rings. The normalized spacial score (nSPS) is 9.62. The lowest BCUT2D eigenvalue weighted by Crippen LogP contribution is -2.30. The number of carbonyl (C=O) groups excluding carboxylic acids is 1. The van der Waals surface area contributed by atoms with E-state index in [1.54, 1.807) is 19.1 Å². The Morgan fingerprint density at radius 1 is 1.50 bits per heavy atom. The Bertz CT molecular complexity index is 458. The Labute approximate surface area is 95.7 Å². The summed E-state index contributed by atoms with van der Waals surface area (Å²) < 4.78 is 0. The molecule has 1 aromatic carbocycles. The zero-order valence-corrected chi connectivity index (χ0v) is 9.74. The van der Waals surface area contributed by atoms with E-state index in [2.05, 4.69) is 5.92 Å². The van der Waals surface area contributed by atoms with E-state index in [0.717, 1.165) is 5.56 Å². The second-order valence-corrected chi connectivity index (χ2v) is 3.68. The Morgan fingerprint density at radius 3 is 2.62 bits per heavy atom. The van der Waals surface area contributed by atoms with E-state index >= 15 is 0 Å². The number of rotatable bonds is 2. The maximum absolute atomic E-state index is 11.5. The van der Waals surface area contributed by atoms with Gasteiger partial charge >= 0.3 is 0 Å². The van der Waals surface area contributed by atoms with E-state index in [9.17, 15) is 9.90 Å². The molecule has 0 atom stereocenters. The first-order chi connectivity index (χ1) is 7.49. The van der Waals surface area contributed by atoms with E-state index in [4.69, 9.17) is 6.42 Å². The molecule has 0 unspecified atom stereocenters. The Hall–Kier alpha value is -1.95. The predicted octanol–water partition coefficient (Wildman–Crippen LogP) is 2.00. The van der Waals surface area contributed by atoms with E-state index in [1.807, 2.05) is 6.92 Å². The molecule has 0 bridgehead atoms. The molecule has 1 rings (SSSR count). The molecule has 0 aliphatic carbocycles.